The number of esters is 1. The van der Waals surface area contributed by atoms with Crippen molar-refractivity contribution in [3.8, 4) is 6.07 Å². The van der Waals surface area contributed by atoms with Gasteiger partial charge in [-0.3, -0.25) is 9.78 Å². The van der Waals surface area contributed by atoms with Crippen LogP contribution in [-0.2, 0) is 9.53 Å². The molecule has 0 N–H and O–H groups in total. The van der Waals surface area contributed by atoms with Gasteiger partial charge in [0.25, 0.3) is 0 Å². The average Bonchev–Trinajstić information content (AvgIpc) is 2.21. The standard InChI is InChI=1S/C10H10N2O2/c1-2-14-10(13)8(7-11)9-5-3-4-6-12-9/h3-6,8H,2H2,1H3/t8-/m0/s1. The quantitative estimate of drug-likeness (QED) is 0.673. The van der Waals surface area contributed by atoms with Crippen molar-refractivity contribution in [1.82, 2.24) is 4.98 Å². The Hall–Kier alpha value is -1.89. The van der Waals surface area contributed by atoms with E-state index in [9.17, 15) is 4.79 Å². The van der Waals surface area contributed by atoms with Crippen LogP contribution in [0.1, 0.15) is 18.5 Å². The van der Waals surface area contributed by atoms with Crippen molar-refractivity contribution < 1.29 is 9.53 Å². The molecule has 0 bridgehead atoms. The summed E-state index contributed by atoms with van der Waals surface area (Å²) in [7, 11) is 0. The molecule has 0 aromatic carbocycles. The van der Waals surface area contributed by atoms with Gasteiger partial charge in [0.15, 0.2) is 5.92 Å². The Kier molecular flexibility index (Phi) is 3.62. The van der Waals surface area contributed by atoms with Gasteiger partial charge < -0.3 is 4.74 Å². The topological polar surface area (TPSA) is 63.0 Å². The molecule has 1 atom stereocenters. The molecule has 0 fully saturated rings. The molecule has 0 amide bonds. The molecule has 1 aromatic heterocycles. The van der Waals surface area contributed by atoms with E-state index in [4.69, 9.17) is 10.00 Å². The van der Waals surface area contributed by atoms with E-state index in [2.05, 4.69) is 4.98 Å². The van der Waals surface area contributed by atoms with Gasteiger partial charge in [-0.25, -0.2) is 0 Å². The first-order chi connectivity index (χ1) is 6.79. The van der Waals surface area contributed by atoms with E-state index in [1.807, 2.05) is 6.07 Å². The number of carbonyl (C=O) groups is 1. The first kappa shape index (κ1) is 10.2. The van der Waals surface area contributed by atoms with Crippen LogP contribution in [0.3, 0.4) is 0 Å². The van der Waals surface area contributed by atoms with Crippen LogP contribution < -0.4 is 0 Å². The SMILES string of the molecule is CCOC(=O)[C@@H](C#N)c1ccccn1. The zero-order valence-electron chi connectivity index (χ0n) is 7.80. The van der Waals surface area contributed by atoms with E-state index >= 15 is 0 Å². The van der Waals surface area contributed by atoms with E-state index < -0.39 is 11.9 Å². The molecule has 4 nitrogen and oxygen atoms in total. The first-order valence-corrected chi connectivity index (χ1v) is 4.26. The van der Waals surface area contributed by atoms with Crippen LogP contribution in [0.15, 0.2) is 24.4 Å². The van der Waals surface area contributed by atoms with Crippen molar-refractivity contribution >= 4 is 5.97 Å². The maximum atomic E-state index is 11.3. The van der Waals surface area contributed by atoms with Crippen molar-refractivity contribution in [1.29, 1.82) is 5.26 Å². The van der Waals surface area contributed by atoms with Crippen LogP contribution in [0.4, 0.5) is 0 Å². The summed E-state index contributed by atoms with van der Waals surface area (Å²) in [6, 6.07) is 6.95. The zero-order chi connectivity index (χ0) is 10.4. The molecule has 72 valence electrons. The van der Waals surface area contributed by atoms with Crippen molar-refractivity contribution in [3.63, 3.8) is 0 Å². The fraction of sp³-hybridized carbons (Fsp3) is 0.300. The van der Waals surface area contributed by atoms with Gasteiger partial charge in [-0.1, -0.05) is 6.07 Å². The minimum atomic E-state index is -0.920. The van der Waals surface area contributed by atoms with E-state index in [-0.39, 0.29) is 6.61 Å². The molecule has 14 heavy (non-hydrogen) atoms. The average molecular weight is 190 g/mol. The molecule has 0 saturated heterocycles. The van der Waals surface area contributed by atoms with E-state index in [0.29, 0.717) is 5.69 Å². The zero-order valence-corrected chi connectivity index (χ0v) is 7.80. The highest BCUT2D eigenvalue weighted by Crippen LogP contribution is 2.13. The van der Waals surface area contributed by atoms with Gasteiger partial charge in [-0.15, -0.1) is 0 Å². The molecule has 0 aliphatic carbocycles. The maximum absolute atomic E-state index is 11.3. The monoisotopic (exact) mass is 190 g/mol. The third kappa shape index (κ3) is 2.30. The molecule has 1 aromatic rings. The van der Waals surface area contributed by atoms with Crippen molar-refractivity contribution in [2.45, 2.75) is 12.8 Å². The summed E-state index contributed by atoms with van der Waals surface area (Å²) in [5.41, 5.74) is 0.424. The Bertz CT molecular complexity index is 343. The van der Waals surface area contributed by atoms with Crippen LogP contribution in [-0.4, -0.2) is 17.6 Å². The van der Waals surface area contributed by atoms with E-state index in [1.165, 1.54) is 0 Å². The van der Waals surface area contributed by atoms with Crippen LogP contribution >= 0.6 is 0 Å². The normalized spacial score (nSPS) is 11.4. The molecule has 4 heteroatoms. The van der Waals surface area contributed by atoms with Gasteiger partial charge in [0.2, 0.25) is 0 Å². The lowest BCUT2D eigenvalue weighted by molar-refractivity contribution is -0.143. The van der Waals surface area contributed by atoms with E-state index in [1.54, 1.807) is 31.3 Å². The van der Waals surface area contributed by atoms with E-state index in [0.717, 1.165) is 0 Å². The molecule has 1 rings (SSSR count). The van der Waals surface area contributed by atoms with Crippen LogP contribution in [0.2, 0.25) is 0 Å². The molecule has 0 unspecified atom stereocenters. The smallest absolute Gasteiger partial charge is 0.329 e. The lowest BCUT2D eigenvalue weighted by atomic mass is 10.1. The van der Waals surface area contributed by atoms with Gasteiger partial charge in [-0.2, -0.15) is 5.26 Å². The maximum Gasteiger partial charge on any atom is 0.329 e. The fourth-order valence-corrected chi connectivity index (χ4v) is 1.01. The number of nitriles is 1. The number of rotatable bonds is 3. The molecule has 0 radical (unpaired) electrons. The van der Waals surface area contributed by atoms with Gasteiger partial charge >= 0.3 is 5.97 Å². The van der Waals surface area contributed by atoms with Gasteiger partial charge in [0.1, 0.15) is 0 Å². The van der Waals surface area contributed by atoms with Crippen molar-refractivity contribution in [3.05, 3.63) is 30.1 Å². The number of hydrogen-bond acceptors (Lipinski definition) is 4. The minimum absolute atomic E-state index is 0.268. The summed E-state index contributed by atoms with van der Waals surface area (Å²) in [6.45, 7) is 1.97. The predicted molar refractivity (Wildman–Crippen MR) is 49.2 cm³/mol. The highest BCUT2D eigenvalue weighted by atomic mass is 16.5. The molecule has 0 saturated carbocycles. The van der Waals surface area contributed by atoms with Crippen molar-refractivity contribution in [2.75, 3.05) is 6.61 Å². The summed E-state index contributed by atoms with van der Waals surface area (Å²) < 4.78 is 4.75. The summed E-state index contributed by atoms with van der Waals surface area (Å²) in [4.78, 5) is 15.2. The highest BCUT2D eigenvalue weighted by Gasteiger charge is 2.22. The fourth-order valence-electron chi connectivity index (χ4n) is 1.01. The minimum Gasteiger partial charge on any atom is -0.465 e. The Morgan fingerprint density at radius 1 is 1.71 bits per heavy atom. The Labute approximate surface area is 82.1 Å². The second-order valence-corrected chi connectivity index (χ2v) is 2.57. The highest BCUT2D eigenvalue weighted by molar-refractivity contribution is 5.80. The summed E-state index contributed by atoms with van der Waals surface area (Å²) >= 11 is 0. The lowest BCUT2D eigenvalue weighted by Crippen LogP contribution is -2.15. The Morgan fingerprint density at radius 3 is 3.00 bits per heavy atom. The number of nitrogens with zero attached hydrogens (tertiary/aromatic N) is 2. The lowest BCUT2D eigenvalue weighted by Gasteiger charge is -2.06. The Morgan fingerprint density at radius 2 is 2.50 bits per heavy atom. The number of ether oxygens (including phenoxy) is 1. The third-order valence-corrected chi connectivity index (χ3v) is 1.63. The molecule has 0 aliphatic rings. The number of pyridine rings is 1. The van der Waals surface area contributed by atoms with Gasteiger partial charge in [-0.05, 0) is 19.1 Å². The molecule has 0 aliphatic heterocycles. The molecular weight excluding hydrogens is 180 g/mol. The molecular formula is C10H10N2O2. The predicted octanol–water partition coefficient (Wildman–Crippen LogP) is 1.25. The number of aromatic nitrogens is 1. The molecule has 1 heterocycles. The largest absolute Gasteiger partial charge is 0.465 e. The second-order valence-electron chi connectivity index (χ2n) is 2.57. The number of hydrogen-bond donors (Lipinski definition) is 0. The van der Waals surface area contributed by atoms with Crippen LogP contribution in [0, 0.1) is 11.3 Å². The van der Waals surface area contributed by atoms with Gasteiger partial charge in [0.05, 0.1) is 18.4 Å². The van der Waals surface area contributed by atoms with Crippen LogP contribution in [0.5, 0.6) is 0 Å². The number of carbonyl (C=O) groups excluding carboxylic acids is 1. The Balaban J connectivity index is 2.84. The summed E-state index contributed by atoms with van der Waals surface area (Å²) in [6.07, 6.45) is 1.54. The summed E-state index contributed by atoms with van der Waals surface area (Å²) in [5, 5.41) is 8.79. The third-order valence-electron chi connectivity index (χ3n) is 1.63. The molecule has 0 spiro atoms. The van der Waals surface area contributed by atoms with Gasteiger partial charge in [0, 0.05) is 6.20 Å². The van der Waals surface area contributed by atoms with Crippen molar-refractivity contribution in [2.24, 2.45) is 0 Å². The van der Waals surface area contributed by atoms with Crippen LogP contribution in [0.25, 0.3) is 0 Å². The summed E-state index contributed by atoms with van der Waals surface area (Å²) in [5.74, 6) is -1.47. The first-order valence-electron chi connectivity index (χ1n) is 4.26. The second kappa shape index (κ2) is 4.97.